The van der Waals surface area contributed by atoms with Gasteiger partial charge in [-0.2, -0.15) is 15.8 Å². The number of hydrogen-bond donors (Lipinski definition) is 0. The minimum atomic E-state index is 0.472. The van der Waals surface area contributed by atoms with Crippen molar-refractivity contribution in [1.29, 1.82) is 15.8 Å². The number of fused-ring (bicyclic) bond motifs is 4. The molecule has 0 aliphatic heterocycles. The molecule has 0 unspecified atom stereocenters. The largest absolute Gasteiger partial charge is 0.436 e. The summed E-state index contributed by atoms with van der Waals surface area (Å²) in [5.41, 5.74) is 10.7. The molecule has 10 aromatic rings. The Hall–Kier alpha value is -8.51. The first kappa shape index (κ1) is 33.1. The molecule has 264 valence electrons. The van der Waals surface area contributed by atoms with Crippen molar-refractivity contribution in [1.82, 2.24) is 9.97 Å². The molecule has 0 amide bonds. The van der Waals surface area contributed by atoms with Crippen LogP contribution in [0.5, 0.6) is 0 Å². The quantitative estimate of drug-likeness (QED) is 0.165. The van der Waals surface area contributed by atoms with E-state index in [4.69, 9.17) is 8.83 Å². The van der Waals surface area contributed by atoms with Crippen LogP contribution in [0.15, 0.2) is 167 Å². The Morgan fingerprint density at radius 3 is 1.51 bits per heavy atom. The van der Waals surface area contributed by atoms with Gasteiger partial charge in [-0.05, 0) is 143 Å². The molecule has 8 heteroatoms. The van der Waals surface area contributed by atoms with Crippen LogP contribution in [-0.2, 0) is 0 Å². The highest BCUT2D eigenvalue weighted by Gasteiger charge is 2.17. The second-order valence-electron chi connectivity index (χ2n) is 13.7. The van der Waals surface area contributed by atoms with Gasteiger partial charge >= 0.3 is 0 Å². The normalized spacial score (nSPS) is 11.1. The van der Waals surface area contributed by atoms with Gasteiger partial charge in [0.15, 0.2) is 11.2 Å². The molecule has 57 heavy (non-hydrogen) atoms. The van der Waals surface area contributed by atoms with E-state index < -0.39 is 0 Å². The summed E-state index contributed by atoms with van der Waals surface area (Å²) in [4.78, 5) is 11.5. The third-order valence-corrected chi connectivity index (χ3v) is 10.2. The zero-order valence-corrected chi connectivity index (χ0v) is 30.0. The van der Waals surface area contributed by atoms with Gasteiger partial charge in [-0.25, -0.2) is 9.97 Å². The SMILES string of the molecule is N#Cc1ccc2oc(-c3ccc(N(c4ccc(-c5nc6cc(C#N)ccc6o5)cc4)c4ccc5cc(-c6ccc7cccc(C#N)c7c6)ccc5c4)cc3)nc2c1. The zero-order chi connectivity index (χ0) is 38.5. The second-order valence-corrected chi connectivity index (χ2v) is 13.7. The van der Waals surface area contributed by atoms with Crippen LogP contribution in [0.1, 0.15) is 16.7 Å². The van der Waals surface area contributed by atoms with Crippen molar-refractivity contribution in [2.24, 2.45) is 0 Å². The number of hydrogen-bond acceptors (Lipinski definition) is 8. The predicted octanol–water partition coefficient (Wildman–Crippen LogP) is 12.4. The van der Waals surface area contributed by atoms with Crippen molar-refractivity contribution in [2.75, 3.05) is 4.90 Å². The Labute approximate surface area is 326 Å². The van der Waals surface area contributed by atoms with Crippen molar-refractivity contribution in [3.05, 3.63) is 174 Å². The molecule has 0 atom stereocenters. The molecule has 2 aromatic heterocycles. The van der Waals surface area contributed by atoms with E-state index >= 15 is 0 Å². The van der Waals surface area contributed by atoms with Gasteiger partial charge in [-0.15, -0.1) is 0 Å². The topological polar surface area (TPSA) is 127 Å². The van der Waals surface area contributed by atoms with E-state index in [2.05, 4.69) is 87.7 Å². The van der Waals surface area contributed by atoms with Crippen LogP contribution in [0.3, 0.4) is 0 Å². The predicted molar refractivity (Wildman–Crippen MR) is 222 cm³/mol. The number of nitrogens with zero attached hydrogens (tertiary/aromatic N) is 6. The number of nitriles is 3. The van der Waals surface area contributed by atoms with E-state index in [1.807, 2.05) is 66.7 Å². The maximum atomic E-state index is 9.71. The zero-order valence-electron chi connectivity index (χ0n) is 30.0. The molecule has 0 saturated carbocycles. The summed E-state index contributed by atoms with van der Waals surface area (Å²) in [5, 5.41) is 32.5. The number of rotatable bonds is 6. The van der Waals surface area contributed by atoms with Gasteiger partial charge in [0, 0.05) is 33.6 Å². The summed E-state index contributed by atoms with van der Waals surface area (Å²) in [6.45, 7) is 0. The maximum Gasteiger partial charge on any atom is 0.227 e. The van der Waals surface area contributed by atoms with Crippen LogP contribution in [0.2, 0.25) is 0 Å². The molecule has 0 bridgehead atoms. The number of oxazole rings is 2. The first-order valence-electron chi connectivity index (χ1n) is 18.1. The van der Waals surface area contributed by atoms with Gasteiger partial charge in [0.25, 0.3) is 0 Å². The minimum absolute atomic E-state index is 0.472. The molecule has 0 radical (unpaired) electrons. The van der Waals surface area contributed by atoms with E-state index in [-0.39, 0.29) is 0 Å². The van der Waals surface area contributed by atoms with Crippen LogP contribution >= 0.6 is 0 Å². The summed E-state index contributed by atoms with van der Waals surface area (Å²) in [5.74, 6) is 0.944. The fourth-order valence-corrected chi connectivity index (χ4v) is 7.30. The Morgan fingerprint density at radius 1 is 0.421 bits per heavy atom. The first-order chi connectivity index (χ1) is 28.0. The molecule has 8 aromatic carbocycles. The van der Waals surface area contributed by atoms with Crippen LogP contribution in [-0.4, -0.2) is 9.97 Å². The highest BCUT2D eigenvalue weighted by Crippen LogP contribution is 2.39. The van der Waals surface area contributed by atoms with Gasteiger partial charge in [0.1, 0.15) is 11.0 Å². The lowest BCUT2D eigenvalue weighted by atomic mass is 9.96. The second kappa shape index (κ2) is 13.4. The number of aromatic nitrogens is 2. The lowest BCUT2D eigenvalue weighted by Crippen LogP contribution is -2.09. The lowest BCUT2D eigenvalue weighted by Gasteiger charge is -2.26. The number of anilines is 3. The maximum absolute atomic E-state index is 9.71. The molecule has 8 nitrogen and oxygen atoms in total. The average molecular weight is 731 g/mol. The molecule has 0 aliphatic carbocycles. The van der Waals surface area contributed by atoms with Crippen molar-refractivity contribution in [2.45, 2.75) is 0 Å². The van der Waals surface area contributed by atoms with Crippen LogP contribution in [0.25, 0.3) is 77.8 Å². The molecule has 0 aliphatic rings. The van der Waals surface area contributed by atoms with Crippen LogP contribution in [0.4, 0.5) is 17.1 Å². The molecule has 0 fully saturated rings. The summed E-state index contributed by atoms with van der Waals surface area (Å²) in [7, 11) is 0. The third kappa shape index (κ3) is 5.95. The summed E-state index contributed by atoms with van der Waals surface area (Å²) in [6, 6.07) is 58.0. The van der Waals surface area contributed by atoms with Crippen molar-refractivity contribution in [3.63, 3.8) is 0 Å². The standard InChI is InChI=1S/C49H26N6O2/c50-27-30-4-20-46-44(22-30)53-48(56-46)33-10-15-40(16-11-33)55(41-17-12-34(13-18-41)49-54-45-23-31(28-51)5-21-47(45)57-49)42-19-14-36-24-35(8-9-37(36)25-42)38-7-6-32-2-1-3-39(29-52)43(32)26-38/h1-26H. The fourth-order valence-electron chi connectivity index (χ4n) is 7.30. The lowest BCUT2D eigenvalue weighted by molar-refractivity contribution is 0.619. The molecule has 0 saturated heterocycles. The van der Waals surface area contributed by atoms with E-state index in [0.29, 0.717) is 50.7 Å². The molecule has 2 heterocycles. The van der Waals surface area contributed by atoms with Gasteiger partial charge in [0.05, 0.1) is 34.9 Å². The van der Waals surface area contributed by atoms with E-state index in [1.54, 1.807) is 36.4 Å². The van der Waals surface area contributed by atoms with Gasteiger partial charge in [0.2, 0.25) is 11.8 Å². The Morgan fingerprint density at radius 2 is 0.930 bits per heavy atom. The molecule has 0 spiro atoms. The van der Waals surface area contributed by atoms with Crippen molar-refractivity contribution in [3.8, 4) is 52.2 Å². The average Bonchev–Trinajstić information content (AvgIpc) is 3.90. The molecule has 0 N–H and O–H groups in total. The smallest absolute Gasteiger partial charge is 0.227 e. The van der Waals surface area contributed by atoms with Crippen molar-refractivity contribution >= 4 is 60.8 Å². The monoisotopic (exact) mass is 730 g/mol. The first-order valence-corrected chi connectivity index (χ1v) is 18.1. The number of benzene rings is 8. The van der Waals surface area contributed by atoms with Crippen molar-refractivity contribution < 1.29 is 8.83 Å². The van der Waals surface area contributed by atoms with Gasteiger partial charge < -0.3 is 13.7 Å². The molecular weight excluding hydrogens is 705 g/mol. The Bertz CT molecular complexity index is 3210. The fraction of sp³-hybridized carbons (Fsp3) is 0. The minimum Gasteiger partial charge on any atom is -0.436 e. The van der Waals surface area contributed by atoms with Crippen LogP contribution < -0.4 is 4.90 Å². The highest BCUT2D eigenvalue weighted by atomic mass is 16.4. The summed E-state index contributed by atoms with van der Waals surface area (Å²) >= 11 is 0. The Balaban J connectivity index is 1.03. The Kier molecular flexibility index (Phi) is 7.78. The van der Waals surface area contributed by atoms with Gasteiger partial charge in [-0.1, -0.05) is 42.5 Å². The van der Waals surface area contributed by atoms with Crippen LogP contribution in [0, 0.1) is 34.0 Å². The molecular formula is C49H26N6O2. The van der Waals surface area contributed by atoms with E-state index in [9.17, 15) is 15.8 Å². The highest BCUT2D eigenvalue weighted by molar-refractivity contribution is 5.95. The molecule has 10 rings (SSSR count). The third-order valence-electron chi connectivity index (χ3n) is 10.2. The van der Waals surface area contributed by atoms with Gasteiger partial charge in [-0.3, -0.25) is 0 Å². The van der Waals surface area contributed by atoms with E-state index in [1.165, 1.54) is 0 Å². The summed E-state index contributed by atoms with van der Waals surface area (Å²) < 4.78 is 12.1. The van der Waals surface area contributed by atoms with E-state index in [0.717, 1.165) is 60.9 Å². The summed E-state index contributed by atoms with van der Waals surface area (Å²) in [6.07, 6.45) is 0.